The number of H-pyrrole nitrogens is 1. The van der Waals surface area contributed by atoms with Crippen molar-refractivity contribution in [1.82, 2.24) is 20.6 Å². The summed E-state index contributed by atoms with van der Waals surface area (Å²) in [5.41, 5.74) is -0.224. The highest BCUT2D eigenvalue weighted by Gasteiger charge is 2.34. The van der Waals surface area contributed by atoms with Gasteiger partial charge in [0.25, 0.3) is 0 Å². The maximum Gasteiger partial charge on any atom is 0.226 e. The molecule has 1 saturated heterocycles. The summed E-state index contributed by atoms with van der Waals surface area (Å²) in [5, 5.41) is 6.20. The zero-order valence-electron chi connectivity index (χ0n) is 9.55. The van der Waals surface area contributed by atoms with E-state index >= 15 is 0 Å². The predicted octanol–water partition coefficient (Wildman–Crippen LogP) is 0.416. The molecule has 88 valence electrons. The van der Waals surface area contributed by atoms with Crippen LogP contribution in [0.3, 0.4) is 0 Å². The van der Waals surface area contributed by atoms with Gasteiger partial charge in [-0.05, 0) is 25.9 Å². The molecule has 1 fully saturated rings. The van der Waals surface area contributed by atoms with E-state index in [9.17, 15) is 4.79 Å². The zero-order chi connectivity index (χ0) is 11.4. The maximum atomic E-state index is 12.0. The van der Waals surface area contributed by atoms with Crippen LogP contribution in [0.1, 0.15) is 25.6 Å². The molecule has 0 radical (unpaired) electrons. The number of imidazole rings is 1. The van der Waals surface area contributed by atoms with Gasteiger partial charge in [0.05, 0.1) is 6.54 Å². The Kier molecular flexibility index (Phi) is 3.24. The zero-order valence-corrected chi connectivity index (χ0v) is 9.55. The minimum atomic E-state index is -0.224. The second kappa shape index (κ2) is 4.65. The van der Waals surface area contributed by atoms with Crippen molar-refractivity contribution in [1.29, 1.82) is 0 Å². The highest BCUT2D eigenvalue weighted by molar-refractivity contribution is 5.82. The predicted molar refractivity (Wildman–Crippen MR) is 60.6 cm³/mol. The second-order valence-corrected chi connectivity index (χ2v) is 4.53. The lowest BCUT2D eigenvalue weighted by Gasteiger charge is -2.32. The molecule has 3 N–H and O–H groups in total. The lowest BCUT2D eigenvalue weighted by Crippen LogP contribution is -2.45. The first kappa shape index (κ1) is 11.1. The Morgan fingerprint density at radius 2 is 2.31 bits per heavy atom. The molecule has 1 aromatic rings. The maximum absolute atomic E-state index is 12.0. The Labute approximate surface area is 95.0 Å². The molecule has 1 aliphatic rings. The van der Waals surface area contributed by atoms with Crippen LogP contribution in [0.2, 0.25) is 0 Å². The van der Waals surface area contributed by atoms with Crippen LogP contribution in [0.15, 0.2) is 12.4 Å². The number of hydrogen-bond donors (Lipinski definition) is 3. The van der Waals surface area contributed by atoms with E-state index in [1.54, 1.807) is 12.4 Å². The molecule has 5 heteroatoms. The van der Waals surface area contributed by atoms with Crippen molar-refractivity contribution in [3.8, 4) is 0 Å². The molecule has 1 amide bonds. The van der Waals surface area contributed by atoms with E-state index in [2.05, 4.69) is 20.6 Å². The molecule has 0 aliphatic carbocycles. The summed E-state index contributed by atoms with van der Waals surface area (Å²) in [6.45, 7) is 4.36. The third-order valence-electron chi connectivity index (χ3n) is 3.23. The summed E-state index contributed by atoms with van der Waals surface area (Å²) in [6.07, 6.45) is 5.25. The average Bonchev–Trinajstić information content (AvgIpc) is 2.79. The van der Waals surface area contributed by atoms with E-state index in [1.165, 1.54) is 0 Å². The van der Waals surface area contributed by atoms with Crippen molar-refractivity contribution in [2.24, 2.45) is 5.41 Å². The molecule has 0 unspecified atom stereocenters. The van der Waals surface area contributed by atoms with Gasteiger partial charge in [-0.1, -0.05) is 6.92 Å². The fourth-order valence-electron chi connectivity index (χ4n) is 1.98. The molecule has 0 spiro atoms. The van der Waals surface area contributed by atoms with E-state index in [4.69, 9.17) is 0 Å². The molecular weight excluding hydrogens is 204 g/mol. The summed E-state index contributed by atoms with van der Waals surface area (Å²) >= 11 is 0. The Morgan fingerprint density at radius 3 is 2.94 bits per heavy atom. The van der Waals surface area contributed by atoms with E-state index in [0.717, 1.165) is 31.8 Å². The lowest BCUT2D eigenvalue weighted by atomic mass is 9.80. The van der Waals surface area contributed by atoms with Gasteiger partial charge in [-0.25, -0.2) is 4.98 Å². The summed E-state index contributed by atoms with van der Waals surface area (Å²) in [7, 11) is 0. The van der Waals surface area contributed by atoms with Gasteiger partial charge in [-0.3, -0.25) is 4.79 Å². The van der Waals surface area contributed by atoms with Crippen LogP contribution in [0.5, 0.6) is 0 Å². The van der Waals surface area contributed by atoms with Crippen molar-refractivity contribution in [2.45, 2.75) is 26.3 Å². The minimum Gasteiger partial charge on any atom is -0.348 e. The SMILES string of the molecule is CC1(C(=O)NCc2ncc[nH]2)CCNCC1. The first-order valence-corrected chi connectivity index (χ1v) is 5.68. The third-order valence-corrected chi connectivity index (χ3v) is 3.23. The number of carbonyl (C=O) groups excluding carboxylic acids is 1. The number of nitrogens with zero attached hydrogens (tertiary/aromatic N) is 1. The lowest BCUT2D eigenvalue weighted by molar-refractivity contribution is -0.131. The van der Waals surface area contributed by atoms with E-state index < -0.39 is 0 Å². The number of piperidine rings is 1. The van der Waals surface area contributed by atoms with Gasteiger partial charge in [0.15, 0.2) is 0 Å². The number of amides is 1. The number of aromatic nitrogens is 2. The number of carbonyl (C=O) groups is 1. The topological polar surface area (TPSA) is 69.8 Å². The van der Waals surface area contributed by atoms with Crippen LogP contribution in [0.25, 0.3) is 0 Å². The van der Waals surface area contributed by atoms with Gasteiger partial charge < -0.3 is 15.6 Å². The fraction of sp³-hybridized carbons (Fsp3) is 0.636. The Bertz CT molecular complexity index is 341. The smallest absolute Gasteiger partial charge is 0.226 e. The van der Waals surface area contributed by atoms with Crippen LogP contribution in [-0.2, 0) is 11.3 Å². The summed E-state index contributed by atoms with van der Waals surface area (Å²) in [4.78, 5) is 19.1. The van der Waals surface area contributed by atoms with Crippen LogP contribution in [0, 0.1) is 5.41 Å². The minimum absolute atomic E-state index is 0.130. The van der Waals surface area contributed by atoms with E-state index in [-0.39, 0.29) is 11.3 Å². The highest BCUT2D eigenvalue weighted by atomic mass is 16.2. The van der Waals surface area contributed by atoms with Crippen LogP contribution in [-0.4, -0.2) is 29.0 Å². The molecule has 5 nitrogen and oxygen atoms in total. The van der Waals surface area contributed by atoms with Gasteiger partial charge >= 0.3 is 0 Å². The molecule has 2 heterocycles. The normalized spacial score (nSPS) is 19.3. The van der Waals surface area contributed by atoms with Gasteiger partial charge in [-0.15, -0.1) is 0 Å². The van der Waals surface area contributed by atoms with Crippen molar-refractivity contribution >= 4 is 5.91 Å². The van der Waals surface area contributed by atoms with E-state index in [1.807, 2.05) is 6.92 Å². The summed E-state index contributed by atoms with van der Waals surface area (Å²) in [6, 6.07) is 0. The molecule has 0 saturated carbocycles. The van der Waals surface area contributed by atoms with Crippen molar-refractivity contribution in [2.75, 3.05) is 13.1 Å². The number of hydrogen-bond acceptors (Lipinski definition) is 3. The van der Waals surface area contributed by atoms with Crippen LogP contribution >= 0.6 is 0 Å². The molecule has 0 atom stereocenters. The quantitative estimate of drug-likeness (QED) is 0.694. The van der Waals surface area contributed by atoms with Gasteiger partial charge in [0.1, 0.15) is 5.82 Å². The Morgan fingerprint density at radius 1 is 1.56 bits per heavy atom. The molecule has 0 aromatic carbocycles. The van der Waals surface area contributed by atoms with Gasteiger partial charge in [0, 0.05) is 17.8 Å². The first-order valence-electron chi connectivity index (χ1n) is 5.68. The van der Waals surface area contributed by atoms with Crippen molar-refractivity contribution in [3.63, 3.8) is 0 Å². The highest BCUT2D eigenvalue weighted by Crippen LogP contribution is 2.27. The van der Waals surface area contributed by atoms with Gasteiger partial charge in [-0.2, -0.15) is 0 Å². The molecule has 2 rings (SSSR count). The standard InChI is InChI=1S/C11H18N4O/c1-11(2-4-12-5-3-11)10(16)15-8-9-13-6-7-14-9/h6-7,12H,2-5,8H2,1H3,(H,13,14)(H,15,16). The average molecular weight is 222 g/mol. The molecule has 16 heavy (non-hydrogen) atoms. The summed E-state index contributed by atoms with van der Waals surface area (Å²) in [5.74, 6) is 0.927. The number of nitrogens with one attached hydrogen (secondary N) is 3. The summed E-state index contributed by atoms with van der Waals surface area (Å²) < 4.78 is 0. The first-order chi connectivity index (χ1) is 7.71. The van der Waals surface area contributed by atoms with Crippen molar-refractivity contribution < 1.29 is 4.79 Å². The third kappa shape index (κ3) is 2.41. The van der Waals surface area contributed by atoms with E-state index in [0.29, 0.717) is 6.54 Å². The molecule has 1 aromatic heterocycles. The van der Waals surface area contributed by atoms with Crippen LogP contribution in [0.4, 0.5) is 0 Å². The Hall–Kier alpha value is -1.36. The van der Waals surface area contributed by atoms with Crippen LogP contribution < -0.4 is 10.6 Å². The number of rotatable bonds is 3. The van der Waals surface area contributed by atoms with Crippen molar-refractivity contribution in [3.05, 3.63) is 18.2 Å². The monoisotopic (exact) mass is 222 g/mol. The molecule has 0 bridgehead atoms. The fourth-order valence-corrected chi connectivity index (χ4v) is 1.98. The Balaban J connectivity index is 1.87. The van der Waals surface area contributed by atoms with Gasteiger partial charge in [0.2, 0.25) is 5.91 Å². The number of aromatic amines is 1. The second-order valence-electron chi connectivity index (χ2n) is 4.53. The molecular formula is C11H18N4O. The largest absolute Gasteiger partial charge is 0.348 e. The molecule has 1 aliphatic heterocycles.